The molecule has 16 heavy (non-hydrogen) atoms. The van der Waals surface area contributed by atoms with Crippen molar-refractivity contribution in [2.45, 2.75) is 25.3 Å². The highest BCUT2D eigenvalue weighted by atomic mass is 16.3. The van der Waals surface area contributed by atoms with Crippen LogP contribution >= 0.6 is 0 Å². The van der Waals surface area contributed by atoms with E-state index in [0.717, 1.165) is 5.01 Å². The molecule has 0 aromatic carbocycles. The predicted molar refractivity (Wildman–Crippen MR) is 61.5 cm³/mol. The molecule has 0 saturated heterocycles. The first-order valence-corrected chi connectivity index (χ1v) is 4.98. The summed E-state index contributed by atoms with van der Waals surface area (Å²) in [6.45, 7) is -2.29. The zero-order valence-corrected chi connectivity index (χ0v) is 9.13. The Labute approximate surface area is 99.3 Å². The monoisotopic (exact) mass is 226 g/mol. The highest BCUT2D eigenvalue weighted by Gasteiger charge is 2.22. The second-order valence-electron chi connectivity index (χ2n) is 3.67. The van der Waals surface area contributed by atoms with Crippen LogP contribution in [0.1, 0.15) is 29.4 Å². The molecule has 0 fully saturated rings. The summed E-state index contributed by atoms with van der Waals surface area (Å²) in [5.74, 6) is 0. The minimum Gasteiger partial charge on any atom is -0.385 e. The van der Waals surface area contributed by atoms with Gasteiger partial charge in [0, 0.05) is 35.7 Å². The molecule has 5 heteroatoms. The molecule has 1 aromatic rings. The molecule has 0 aliphatic carbocycles. The molecule has 88 valence electrons. The fourth-order valence-corrected chi connectivity index (χ4v) is 1.36. The van der Waals surface area contributed by atoms with Gasteiger partial charge in [-0.15, -0.1) is 4.91 Å². The van der Waals surface area contributed by atoms with Gasteiger partial charge in [0.1, 0.15) is 0 Å². The van der Waals surface area contributed by atoms with Crippen LogP contribution in [0.25, 0.3) is 0 Å². The third-order valence-electron chi connectivity index (χ3n) is 2.30. The Kier molecular flexibility index (Phi) is 3.00. The Bertz CT molecular complexity index is 413. The maximum Gasteiger partial charge on any atom is 0.0884 e. The standard InChI is InChI=1S/C11H17N3O2/c1-11(15,6-4-8-14(2)13-16)10-5-3-7-12-9-10/h3,5,7,9,15H,4,6,8H2,1-2H3/i1D3. The van der Waals surface area contributed by atoms with Crippen LogP contribution in [-0.2, 0) is 5.60 Å². The molecular formula is C11H17N3O2. The Hall–Kier alpha value is -1.49. The second-order valence-corrected chi connectivity index (χ2v) is 3.67. The van der Waals surface area contributed by atoms with Crippen molar-refractivity contribution in [3.63, 3.8) is 0 Å². The second kappa shape index (κ2) is 5.55. The first-order valence-electron chi connectivity index (χ1n) is 6.48. The van der Waals surface area contributed by atoms with Gasteiger partial charge in [-0.25, -0.2) is 0 Å². The lowest BCUT2D eigenvalue weighted by atomic mass is 9.92. The van der Waals surface area contributed by atoms with Gasteiger partial charge in [0.25, 0.3) is 0 Å². The average Bonchev–Trinajstić information content (AvgIpc) is 2.38. The van der Waals surface area contributed by atoms with Crippen molar-refractivity contribution < 1.29 is 9.22 Å². The smallest absolute Gasteiger partial charge is 0.0884 e. The number of nitroso groups, excluding NO2 is 1. The number of nitrogens with zero attached hydrogens (tertiary/aromatic N) is 3. The van der Waals surface area contributed by atoms with Gasteiger partial charge in [-0.1, -0.05) is 6.07 Å². The van der Waals surface area contributed by atoms with E-state index in [1.807, 2.05) is 0 Å². The third-order valence-corrected chi connectivity index (χ3v) is 2.30. The average molecular weight is 226 g/mol. The van der Waals surface area contributed by atoms with E-state index in [4.69, 9.17) is 4.11 Å². The van der Waals surface area contributed by atoms with Crippen LogP contribution in [0.2, 0.25) is 0 Å². The molecule has 0 amide bonds. The van der Waals surface area contributed by atoms with Crippen LogP contribution in [0.4, 0.5) is 0 Å². The van der Waals surface area contributed by atoms with Crippen LogP contribution in [0.5, 0.6) is 0 Å². The molecule has 1 rings (SSSR count). The lowest BCUT2D eigenvalue weighted by Gasteiger charge is -2.23. The quantitative estimate of drug-likeness (QED) is 0.592. The van der Waals surface area contributed by atoms with Crippen LogP contribution in [0.3, 0.4) is 0 Å². The van der Waals surface area contributed by atoms with Gasteiger partial charge in [0.05, 0.1) is 10.9 Å². The van der Waals surface area contributed by atoms with E-state index in [2.05, 4.69) is 10.3 Å². The van der Waals surface area contributed by atoms with Gasteiger partial charge >= 0.3 is 0 Å². The number of hydrogen-bond acceptors (Lipinski definition) is 4. The van der Waals surface area contributed by atoms with Crippen molar-refractivity contribution in [2.75, 3.05) is 13.6 Å². The number of rotatable bonds is 6. The maximum absolute atomic E-state index is 10.5. The molecule has 0 radical (unpaired) electrons. The molecule has 1 atom stereocenters. The molecule has 1 heterocycles. The largest absolute Gasteiger partial charge is 0.385 e. The molecule has 1 N–H and O–H groups in total. The summed E-state index contributed by atoms with van der Waals surface area (Å²) < 4.78 is 22.5. The van der Waals surface area contributed by atoms with E-state index >= 15 is 0 Å². The van der Waals surface area contributed by atoms with Gasteiger partial charge < -0.3 is 5.11 Å². The lowest BCUT2D eigenvalue weighted by Crippen LogP contribution is -2.23. The molecule has 5 nitrogen and oxygen atoms in total. The Balaban J connectivity index is 2.87. The highest BCUT2D eigenvalue weighted by molar-refractivity contribution is 5.16. The van der Waals surface area contributed by atoms with Gasteiger partial charge in [0.2, 0.25) is 0 Å². The van der Waals surface area contributed by atoms with Crippen molar-refractivity contribution in [1.82, 2.24) is 9.99 Å². The van der Waals surface area contributed by atoms with Crippen LogP contribution in [0, 0.1) is 4.91 Å². The van der Waals surface area contributed by atoms with E-state index in [1.165, 1.54) is 25.5 Å². The van der Waals surface area contributed by atoms with E-state index in [9.17, 15) is 10.0 Å². The molecule has 0 bridgehead atoms. The third kappa shape index (κ3) is 3.58. The zero-order chi connectivity index (χ0) is 14.5. The first kappa shape index (κ1) is 8.64. The fraction of sp³-hybridized carbons (Fsp3) is 0.545. The van der Waals surface area contributed by atoms with Crippen LogP contribution < -0.4 is 0 Å². The highest BCUT2D eigenvalue weighted by Crippen LogP contribution is 2.24. The number of hydrogen-bond donors (Lipinski definition) is 1. The van der Waals surface area contributed by atoms with Gasteiger partial charge in [0.15, 0.2) is 0 Å². The molecule has 1 aromatic heterocycles. The molecule has 0 spiro atoms. The zero-order valence-electron chi connectivity index (χ0n) is 12.1. The van der Waals surface area contributed by atoms with Crippen molar-refractivity contribution in [3.8, 4) is 0 Å². The van der Waals surface area contributed by atoms with E-state index in [0.29, 0.717) is 6.42 Å². The number of aliphatic hydroxyl groups is 1. The van der Waals surface area contributed by atoms with Gasteiger partial charge in [-0.05, 0) is 25.8 Å². The Morgan fingerprint density at radius 3 is 3.12 bits per heavy atom. The van der Waals surface area contributed by atoms with Crippen molar-refractivity contribution in [3.05, 3.63) is 35.0 Å². The van der Waals surface area contributed by atoms with Gasteiger partial charge in [-0.3, -0.25) is 9.99 Å². The summed E-state index contributed by atoms with van der Waals surface area (Å²) >= 11 is 0. The maximum atomic E-state index is 10.5. The van der Waals surface area contributed by atoms with Gasteiger partial charge in [-0.2, -0.15) is 0 Å². The summed E-state index contributed by atoms with van der Waals surface area (Å²) in [5, 5.41) is 14.3. The van der Waals surface area contributed by atoms with Crippen LogP contribution in [0.15, 0.2) is 29.8 Å². The minimum absolute atomic E-state index is 0.00491. The molecule has 0 saturated carbocycles. The summed E-state index contributed by atoms with van der Waals surface area (Å²) in [6.07, 6.45) is 3.17. The SMILES string of the molecule is [2H]C([2H])([2H])C(O)(CCCN(C)N=O)c1cccnc1. The summed E-state index contributed by atoms with van der Waals surface area (Å²) in [5.41, 5.74) is -1.72. The summed E-state index contributed by atoms with van der Waals surface area (Å²) in [6, 6.07) is 3.10. The lowest BCUT2D eigenvalue weighted by molar-refractivity contribution is 0.0428. The van der Waals surface area contributed by atoms with Crippen LogP contribution in [-0.4, -0.2) is 28.7 Å². The molecule has 0 aliphatic rings. The predicted octanol–water partition coefficient (Wildman–Crippen LogP) is 1.68. The molecule has 1 unspecified atom stereocenters. The van der Waals surface area contributed by atoms with Crippen molar-refractivity contribution >= 4 is 0 Å². The van der Waals surface area contributed by atoms with Crippen molar-refractivity contribution in [1.29, 1.82) is 0 Å². The van der Waals surface area contributed by atoms with E-state index in [1.54, 1.807) is 6.07 Å². The Morgan fingerprint density at radius 2 is 2.56 bits per heavy atom. The minimum atomic E-state index is -2.57. The molecular weight excluding hydrogens is 206 g/mol. The summed E-state index contributed by atoms with van der Waals surface area (Å²) in [7, 11) is 1.49. The van der Waals surface area contributed by atoms with E-state index in [-0.39, 0.29) is 18.5 Å². The normalized spacial score (nSPS) is 17.8. The fourth-order valence-electron chi connectivity index (χ4n) is 1.36. The van der Waals surface area contributed by atoms with Crippen molar-refractivity contribution in [2.24, 2.45) is 5.29 Å². The number of aromatic nitrogens is 1. The topological polar surface area (TPSA) is 65.8 Å². The Morgan fingerprint density at radius 1 is 1.75 bits per heavy atom. The molecule has 0 aliphatic heterocycles. The number of pyridine rings is 1. The first-order chi connectivity index (χ1) is 8.81. The van der Waals surface area contributed by atoms with E-state index < -0.39 is 12.5 Å². The summed E-state index contributed by atoms with van der Waals surface area (Å²) in [4.78, 5) is 14.1.